The summed E-state index contributed by atoms with van der Waals surface area (Å²) < 4.78 is 19.6. The highest BCUT2D eigenvalue weighted by molar-refractivity contribution is 5.80. The Kier molecular flexibility index (Phi) is 5.72. The van der Waals surface area contributed by atoms with Gasteiger partial charge in [0.25, 0.3) is 0 Å². The van der Waals surface area contributed by atoms with E-state index in [0.717, 1.165) is 50.2 Å². The molecule has 0 saturated heterocycles. The van der Waals surface area contributed by atoms with Crippen LogP contribution >= 0.6 is 0 Å². The predicted molar refractivity (Wildman–Crippen MR) is 94.8 cm³/mol. The number of nitrogens with zero attached hydrogens (tertiary/aromatic N) is 2. The maximum absolute atomic E-state index is 13.9. The van der Waals surface area contributed by atoms with Crippen molar-refractivity contribution < 1.29 is 9.13 Å². The van der Waals surface area contributed by atoms with Gasteiger partial charge >= 0.3 is 0 Å². The second-order valence-electron chi connectivity index (χ2n) is 6.85. The number of hydrogen-bond donors (Lipinski definition) is 1. The Morgan fingerprint density at radius 1 is 1.38 bits per heavy atom. The third kappa shape index (κ3) is 4.69. The van der Waals surface area contributed by atoms with E-state index in [0.29, 0.717) is 0 Å². The number of nitrogens with one attached hydrogen (secondary N) is 1. The smallest absolute Gasteiger partial charge is 0.193 e. The number of halogens is 1. The van der Waals surface area contributed by atoms with E-state index >= 15 is 0 Å². The first kappa shape index (κ1) is 17.2. The first-order chi connectivity index (χ1) is 11.7. The summed E-state index contributed by atoms with van der Waals surface area (Å²) in [6.07, 6.45) is 3.59. The molecule has 2 aliphatic carbocycles. The van der Waals surface area contributed by atoms with Gasteiger partial charge in [0.15, 0.2) is 5.96 Å². The number of guanidine groups is 1. The third-order valence-corrected chi connectivity index (χ3v) is 4.70. The lowest BCUT2D eigenvalue weighted by Crippen LogP contribution is -2.42. The Hall–Kier alpha value is -1.62. The SMILES string of the molecule is CCN=C(NC1CC1c1ccccc1F)N(C)CCOCC1CC1. The van der Waals surface area contributed by atoms with E-state index in [1.807, 2.05) is 26.1 Å². The Morgan fingerprint density at radius 3 is 2.88 bits per heavy atom. The molecule has 0 radical (unpaired) electrons. The molecular weight excluding hydrogens is 305 g/mol. The summed E-state index contributed by atoms with van der Waals surface area (Å²) in [6.45, 7) is 5.18. The Labute approximate surface area is 144 Å². The molecule has 2 fully saturated rings. The minimum atomic E-state index is -0.109. The lowest BCUT2D eigenvalue weighted by Gasteiger charge is -2.22. The molecule has 1 aromatic rings. The molecule has 24 heavy (non-hydrogen) atoms. The maximum atomic E-state index is 13.9. The number of aliphatic imine (C=N–C) groups is 1. The fraction of sp³-hybridized carbons (Fsp3) is 0.632. The first-order valence-electron chi connectivity index (χ1n) is 9.03. The summed E-state index contributed by atoms with van der Waals surface area (Å²) in [5.41, 5.74) is 0.807. The molecule has 1 aromatic carbocycles. The highest BCUT2D eigenvalue weighted by Gasteiger charge is 2.40. The minimum absolute atomic E-state index is 0.109. The highest BCUT2D eigenvalue weighted by atomic mass is 19.1. The van der Waals surface area contributed by atoms with Crippen LogP contribution < -0.4 is 5.32 Å². The van der Waals surface area contributed by atoms with E-state index < -0.39 is 0 Å². The molecule has 1 N–H and O–H groups in total. The topological polar surface area (TPSA) is 36.9 Å². The average Bonchev–Trinajstić information content (AvgIpc) is 3.47. The van der Waals surface area contributed by atoms with Gasteiger partial charge < -0.3 is 15.0 Å². The van der Waals surface area contributed by atoms with Gasteiger partial charge in [-0.3, -0.25) is 4.99 Å². The van der Waals surface area contributed by atoms with Crippen molar-refractivity contribution in [2.24, 2.45) is 10.9 Å². The van der Waals surface area contributed by atoms with Crippen molar-refractivity contribution in [2.75, 3.05) is 33.4 Å². The van der Waals surface area contributed by atoms with E-state index in [9.17, 15) is 4.39 Å². The molecule has 5 heteroatoms. The fourth-order valence-corrected chi connectivity index (χ4v) is 2.91. The summed E-state index contributed by atoms with van der Waals surface area (Å²) in [4.78, 5) is 6.67. The number of hydrogen-bond acceptors (Lipinski definition) is 2. The Bertz CT molecular complexity index is 573. The molecule has 0 aliphatic heterocycles. The molecule has 4 nitrogen and oxygen atoms in total. The number of rotatable bonds is 8. The molecule has 2 saturated carbocycles. The van der Waals surface area contributed by atoms with Gasteiger partial charge in [-0.05, 0) is 43.7 Å². The molecule has 3 rings (SSSR count). The average molecular weight is 333 g/mol. The quantitative estimate of drug-likeness (QED) is 0.451. The first-order valence-corrected chi connectivity index (χ1v) is 9.03. The van der Waals surface area contributed by atoms with Crippen LogP contribution in [-0.4, -0.2) is 50.3 Å². The molecule has 0 heterocycles. The van der Waals surface area contributed by atoms with Gasteiger partial charge in [-0.2, -0.15) is 0 Å². The van der Waals surface area contributed by atoms with Crippen molar-refractivity contribution >= 4 is 5.96 Å². The zero-order chi connectivity index (χ0) is 16.9. The van der Waals surface area contributed by atoms with Gasteiger partial charge in [0.2, 0.25) is 0 Å². The van der Waals surface area contributed by atoms with E-state index in [4.69, 9.17) is 4.74 Å². The zero-order valence-electron chi connectivity index (χ0n) is 14.7. The molecule has 2 atom stereocenters. The minimum Gasteiger partial charge on any atom is -0.379 e. The van der Waals surface area contributed by atoms with E-state index in [-0.39, 0.29) is 17.8 Å². The van der Waals surface area contributed by atoms with Crippen LogP contribution in [0.1, 0.15) is 37.7 Å². The van der Waals surface area contributed by atoms with Crippen LogP contribution in [0.15, 0.2) is 29.3 Å². The molecule has 0 aromatic heterocycles. The van der Waals surface area contributed by atoms with Gasteiger partial charge in [0.05, 0.1) is 6.61 Å². The van der Waals surface area contributed by atoms with Crippen molar-refractivity contribution in [3.8, 4) is 0 Å². The normalized spacial score (nSPS) is 23.2. The standard InChI is InChI=1S/C19H28FN3O/c1-3-21-19(23(2)10-11-24-13-14-8-9-14)22-18-12-16(18)15-6-4-5-7-17(15)20/h4-7,14,16,18H,3,8-13H2,1-2H3,(H,21,22). The zero-order valence-corrected chi connectivity index (χ0v) is 14.7. The van der Waals surface area contributed by atoms with Crippen LogP contribution in [0, 0.1) is 11.7 Å². The Morgan fingerprint density at radius 2 is 2.17 bits per heavy atom. The summed E-state index contributed by atoms with van der Waals surface area (Å²) in [6, 6.07) is 7.33. The lowest BCUT2D eigenvalue weighted by molar-refractivity contribution is 0.115. The number of benzene rings is 1. The van der Waals surface area contributed by atoms with Crippen LogP contribution in [0.5, 0.6) is 0 Å². The summed E-state index contributed by atoms with van der Waals surface area (Å²) in [5, 5.41) is 3.48. The van der Waals surface area contributed by atoms with Gasteiger partial charge in [0, 0.05) is 38.7 Å². The molecule has 0 spiro atoms. The van der Waals surface area contributed by atoms with Crippen molar-refractivity contribution in [2.45, 2.75) is 38.1 Å². The summed E-state index contributed by atoms with van der Waals surface area (Å²) in [5.74, 6) is 1.82. The predicted octanol–water partition coefficient (Wildman–Crippen LogP) is 3.01. The van der Waals surface area contributed by atoms with Crippen molar-refractivity contribution in [1.82, 2.24) is 10.2 Å². The van der Waals surface area contributed by atoms with Crippen molar-refractivity contribution in [3.63, 3.8) is 0 Å². The fourth-order valence-electron chi connectivity index (χ4n) is 2.91. The molecule has 0 bridgehead atoms. The number of likely N-dealkylation sites (N-methyl/N-ethyl adjacent to an activating group) is 1. The van der Waals surface area contributed by atoms with Gasteiger partial charge in [-0.15, -0.1) is 0 Å². The van der Waals surface area contributed by atoms with E-state index in [1.54, 1.807) is 6.07 Å². The van der Waals surface area contributed by atoms with Gasteiger partial charge in [0.1, 0.15) is 5.82 Å². The maximum Gasteiger partial charge on any atom is 0.193 e. The van der Waals surface area contributed by atoms with Crippen LogP contribution in [0.4, 0.5) is 4.39 Å². The van der Waals surface area contributed by atoms with Crippen LogP contribution in [0.25, 0.3) is 0 Å². The van der Waals surface area contributed by atoms with Crippen LogP contribution in [-0.2, 0) is 4.74 Å². The molecule has 2 unspecified atom stereocenters. The van der Waals surface area contributed by atoms with Crippen molar-refractivity contribution in [1.29, 1.82) is 0 Å². The highest BCUT2D eigenvalue weighted by Crippen LogP contribution is 2.41. The van der Waals surface area contributed by atoms with E-state index in [1.165, 1.54) is 18.9 Å². The monoisotopic (exact) mass is 333 g/mol. The summed E-state index contributed by atoms with van der Waals surface area (Å²) >= 11 is 0. The van der Waals surface area contributed by atoms with E-state index in [2.05, 4.69) is 15.2 Å². The van der Waals surface area contributed by atoms with Crippen LogP contribution in [0.2, 0.25) is 0 Å². The van der Waals surface area contributed by atoms with Gasteiger partial charge in [-0.1, -0.05) is 18.2 Å². The largest absolute Gasteiger partial charge is 0.379 e. The number of ether oxygens (including phenoxy) is 1. The molecule has 2 aliphatic rings. The van der Waals surface area contributed by atoms with Crippen LogP contribution in [0.3, 0.4) is 0 Å². The Balaban J connectivity index is 1.47. The second-order valence-corrected chi connectivity index (χ2v) is 6.85. The van der Waals surface area contributed by atoms with Gasteiger partial charge in [-0.25, -0.2) is 4.39 Å². The summed E-state index contributed by atoms with van der Waals surface area (Å²) in [7, 11) is 2.03. The van der Waals surface area contributed by atoms with Crippen molar-refractivity contribution in [3.05, 3.63) is 35.6 Å². The molecule has 0 amide bonds. The third-order valence-electron chi connectivity index (χ3n) is 4.70. The molecular formula is C19H28FN3O. The lowest BCUT2D eigenvalue weighted by atomic mass is 10.1. The second kappa shape index (κ2) is 7.97. The molecule has 132 valence electrons.